The Balaban J connectivity index is 1.45. The first kappa shape index (κ1) is 31.4. The van der Waals surface area contributed by atoms with Gasteiger partial charge < -0.3 is 31.9 Å². The van der Waals surface area contributed by atoms with E-state index in [1.165, 1.54) is 62.7 Å². The molecule has 2 saturated heterocycles. The lowest BCUT2D eigenvalue weighted by atomic mass is 10.1. The van der Waals surface area contributed by atoms with Crippen molar-refractivity contribution in [1.82, 2.24) is 41.7 Å². The van der Waals surface area contributed by atoms with E-state index in [4.69, 9.17) is 0 Å². The van der Waals surface area contributed by atoms with Crippen molar-refractivity contribution in [3.63, 3.8) is 0 Å². The molecule has 1 aromatic carbocycles. The summed E-state index contributed by atoms with van der Waals surface area (Å²) in [7, 11) is 0. The first-order valence-electron chi connectivity index (χ1n) is 15.7. The number of rotatable bonds is 4. The molecule has 0 radical (unpaired) electrons. The Kier molecular flexibility index (Phi) is 17.9. The highest BCUT2D eigenvalue weighted by atomic mass is 15.1. The van der Waals surface area contributed by atoms with Crippen LogP contribution in [-0.4, -0.2) is 115 Å². The molecule has 0 amide bonds. The zero-order valence-electron chi connectivity index (χ0n) is 24.2. The summed E-state index contributed by atoms with van der Waals surface area (Å²) < 4.78 is 0. The average Bonchev–Trinajstić information content (AvgIpc) is 2.95. The standard InChI is InChI=1S/C30H58N8/c1-11-31-15-3-23-37(25-5-17-35-21-19-33-13-1)27-29-7-9-30(10-8-29)28-38-24-4-16-32-12-2-14-34-20-22-36-18-6-26-38/h7-10,31-36H,1-6,11-28H2. The summed E-state index contributed by atoms with van der Waals surface area (Å²) in [5, 5.41) is 21.5. The Hall–Kier alpha value is -1.10. The van der Waals surface area contributed by atoms with Crippen LogP contribution in [0, 0.1) is 0 Å². The Bertz CT molecular complexity index is 582. The molecule has 2 heterocycles. The van der Waals surface area contributed by atoms with E-state index in [2.05, 4.69) is 66.0 Å². The van der Waals surface area contributed by atoms with Gasteiger partial charge in [-0.05, 0) is 128 Å². The highest BCUT2D eigenvalue weighted by Crippen LogP contribution is 2.12. The van der Waals surface area contributed by atoms with Gasteiger partial charge in [0.25, 0.3) is 0 Å². The first-order valence-corrected chi connectivity index (χ1v) is 15.7. The third kappa shape index (κ3) is 15.5. The molecule has 0 unspecified atom stereocenters. The molecule has 0 spiro atoms. The van der Waals surface area contributed by atoms with Gasteiger partial charge in [0, 0.05) is 39.3 Å². The van der Waals surface area contributed by atoms with Crippen molar-refractivity contribution >= 4 is 0 Å². The summed E-state index contributed by atoms with van der Waals surface area (Å²) in [4.78, 5) is 5.30. The highest BCUT2D eigenvalue weighted by molar-refractivity contribution is 5.22. The van der Waals surface area contributed by atoms with Crippen LogP contribution in [0.25, 0.3) is 0 Å². The zero-order chi connectivity index (χ0) is 26.4. The number of benzene rings is 1. The fourth-order valence-corrected chi connectivity index (χ4v) is 5.30. The molecule has 218 valence electrons. The second-order valence-corrected chi connectivity index (χ2v) is 11.0. The lowest BCUT2D eigenvalue weighted by Gasteiger charge is -2.24. The van der Waals surface area contributed by atoms with Gasteiger partial charge in [0.15, 0.2) is 0 Å². The van der Waals surface area contributed by atoms with E-state index in [1.807, 2.05) is 0 Å². The minimum absolute atomic E-state index is 1.05. The summed E-state index contributed by atoms with van der Waals surface area (Å²) in [6, 6.07) is 9.49. The van der Waals surface area contributed by atoms with Crippen molar-refractivity contribution in [2.45, 2.75) is 51.6 Å². The molecule has 0 saturated carbocycles. The van der Waals surface area contributed by atoms with Crippen molar-refractivity contribution in [3.05, 3.63) is 35.4 Å². The molecule has 2 aliphatic heterocycles. The molecule has 2 aliphatic rings. The van der Waals surface area contributed by atoms with Gasteiger partial charge >= 0.3 is 0 Å². The van der Waals surface area contributed by atoms with Gasteiger partial charge in [0.2, 0.25) is 0 Å². The lowest BCUT2D eigenvalue weighted by Crippen LogP contribution is -2.31. The summed E-state index contributed by atoms with van der Waals surface area (Å²) in [6.07, 6.45) is 7.27. The van der Waals surface area contributed by atoms with Crippen LogP contribution in [0.4, 0.5) is 0 Å². The van der Waals surface area contributed by atoms with Crippen LogP contribution in [-0.2, 0) is 13.1 Å². The molecule has 6 N–H and O–H groups in total. The van der Waals surface area contributed by atoms with Crippen LogP contribution in [0.3, 0.4) is 0 Å². The van der Waals surface area contributed by atoms with E-state index in [9.17, 15) is 0 Å². The number of hydrogen-bond donors (Lipinski definition) is 6. The SMILES string of the molecule is c1cc(CN2CCCNCCCNCCNCCC2)ccc1CN1CCCNCCCNCCNCCC1. The van der Waals surface area contributed by atoms with Crippen LogP contribution in [0.15, 0.2) is 24.3 Å². The molecule has 0 bridgehead atoms. The smallest absolute Gasteiger partial charge is 0.0233 e. The summed E-state index contributed by atoms with van der Waals surface area (Å²) in [5.41, 5.74) is 2.88. The van der Waals surface area contributed by atoms with E-state index in [-0.39, 0.29) is 0 Å². The predicted octanol–water partition coefficient (Wildman–Crippen LogP) is 1.20. The predicted molar refractivity (Wildman–Crippen MR) is 162 cm³/mol. The van der Waals surface area contributed by atoms with Gasteiger partial charge in [0.05, 0.1) is 0 Å². The van der Waals surface area contributed by atoms with Gasteiger partial charge in [-0.1, -0.05) is 24.3 Å². The first-order chi connectivity index (χ1) is 18.9. The molecular formula is C30H58N8. The average molecular weight is 531 g/mol. The maximum absolute atomic E-state index is 3.62. The quantitative estimate of drug-likeness (QED) is 0.347. The van der Waals surface area contributed by atoms with Gasteiger partial charge in [-0.15, -0.1) is 0 Å². The van der Waals surface area contributed by atoms with Gasteiger partial charge in [-0.2, -0.15) is 0 Å². The molecule has 2 fully saturated rings. The van der Waals surface area contributed by atoms with E-state index < -0.39 is 0 Å². The Morgan fingerprint density at radius 2 is 0.632 bits per heavy atom. The van der Waals surface area contributed by atoms with E-state index in [0.29, 0.717) is 0 Å². The molecule has 3 rings (SSSR count). The fourth-order valence-electron chi connectivity index (χ4n) is 5.30. The monoisotopic (exact) mass is 530 g/mol. The van der Waals surface area contributed by atoms with E-state index >= 15 is 0 Å². The second-order valence-electron chi connectivity index (χ2n) is 11.0. The third-order valence-electron chi connectivity index (χ3n) is 7.52. The third-order valence-corrected chi connectivity index (χ3v) is 7.52. The lowest BCUT2D eigenvalue weighted by molar-refractivity contribution is 0.255. The van der Waals surface area contributed by atoms with Crippen LogP contribution >= 0.6 is 0 Å². The Morgan fingerprint density at radius 1 is 0.368 bits per heavy atom. The Labute approximate surface area is 233 Å². The number of nitrogens with zero attached hydrogens (tertiary/aromatic N) is 2. The largest absolute Gasteiger partial charge is 0.317 e. The maximum atomic E-state index is 3.62. The van der Waals surface area contributed by atoms with E-state index in [0.717, 1.165) is 105 Å². The molecular weight excluding hydrogens is 472 g/mol. The van der Waals surface area contributed by atoms with Crippen LogP contribution < -0.4 is 31.9 Å². The molecule has 8 nitrogen and oxygen atoms in total. The minimum Gasteiger partial charge on any atom is -0.317 e. The summed E-state index contributed by atoms with van der Waals surface area (Å²) >= 11 is 0. The zero-order valence-corrected chi connectivity index (χ0v) is 24.2. The topological polar surface area (TPSA) is 78.7 Å². The van der Waals surface area contributed by atoms with Crippen molar-refractivity contribution in [1.29, 1.82) is 0 Å². The summed E-state index contributed by atoms with van der Waals surface area (Å²) in [6.45, 7) is 19.9. The van der Waals surface area contributed by atoms with Crippen LogP contribution in [0.5, 0.6) is 0 Å². The number of nitrogens with one attached hydrogen (secondary N) is 6. The normalized spacial score (nSPS) is 22.9. The molecule has 38 heavy (non-hydrogen) atoms. The molecule has 8 heteroatoms. The van der Waals surface area contributed by atoms with Crippen molar-refractivity contribution in [3.8, 4) is 0 Å². The van der Waals surface area contributed by atoms with E-state index in [1.54, 1.807) is 0 Å². The van der Waals surface area contributed by atoms with Crippen LogP contribution in [0.1, 0.15) is 49.7 Å². The molecule has 0 atom stereocenters. The molecule has 0 aromatic heterocycles. The van der Waals surface area contributed by atoms with Gasteiger partial charge in [-0.3, -0.25) is 9.80 Å². The van der Waals surface area contributed by atoms with Gasteiger partial charge in [0.1, 0.15) is 0 Å². The maximum Gasteiger partial charge on any atom is 0.0233 e. The minimum atomic E-state index is 1.05. The highest BCUT2D eigenvalue weighted by Gasteiger charge is 2.09. The Morgan fingerprint density at radius 3 is 0.947 bits per heavy atom. The molecule has 1 aromatic rings. The van der Waals surface area contributed by atoms with Crippen molar-refractivity contribution in [2.24, 2.45) is 0 Å². The van der Waals surface area contributed by atoms with Crippen molar-refractivity contribution < 1.29 is 0 Å². The van der Waals surface area contributed by atoms with Crippen molar-refractivity contribution in [2.75, 3.05) is 105 Å². The number of hydrogen-bond acceptors (Lipinski definition) is 8. The summed E-state index contributed by atoms with van der Waals surface area (Å²) in [5.74, 6) is 0. The molecule has 0 aliphatic carbocycles. The van der Waals surface area contributed by atoms with Gasteiger partial charge in [-0.25, -0.2) is 0 Å². The van der Waals surface area contributed by atoms with Crippen LogP contribution in [0.2, 0.25) is 0 Å². The fraction of sp³-hybridized carbons (Fsp3) is 0.800. The second kappa shape index (κ2) is 21.7.